The zero-order valence-corrected chi connectivity index (χ0v) is 19.0. The molecule has 1 atom stereocenters. The number of nitrogens with zero attached hydrogens (tertiary/aromatic N) is 2. The Kier molecular flexibility index (Phi) is 6.82. The molecule has 1 fully saturated rings. The maximum Gasteiger partial charge on any atom is 0.253 e. The monoisotopic (exact) mass is 445 g/mol. The van der Waals surface area contributed by atoms with Gasteiger partial charge in [0.15, 0.2) is 0 Å². The van der Waals surface area contributed by atoms with Gasteiger partial charge in [-0.1, -0.05) is 12.1 Å². The van der Waals surface area contributed by atoms with Crippen molar-refractivity contribution in [3.63, 3.8) is 0 Å². The van der Waals surface area contributed by atoms with Crippen molar-refractivity contribution in [3.8, 4) is 0 Å². The van der Waals surface area contributed by atoms with Gasteiger partial charge in [0.05, 0.1) is 0 Å². The number of halogens is 1. The number of anilines is 1. The highest BCUT2D eigenvalue weighted by molar-refractivity contribution is 5.95. The SMILES string of the molecule is CC(=O)Nc1ccc(C(=O)N2CCCC(c3cc(Cc4ccc(F)cc4)cc(C)n3)C2)cc1. The Hall–Kier alpha value is -3.54. The molecule has 1 saturated heterocycles. The Balaban J connectivity index is 1.47. The van der Waals surface area contributed by atoms with Gasteiger partial charge in [0.2, 0.25) is 5.91 Å². The van der Waals surface area contributed by atoms with Gasteiger partial charge < -0.3 is 10.2 Å². The van der Waals surface area contributed by atoms with E-state index in [4.69, 9.17) is 4.98 Å². The number of carbonyl (C=O) groups excluding carboxylic acids is 2. The lowest BCUT2D eigenvalue weighted by atomic mass is 9.92. The maximum absolute atomic E-state index is 13.2. The third kappa shape index (κ3) is 5.83. The van der Waals surface area contributed by atoms with Gasteiger partial charge in [0.25, 0.3) is 5.91 Å². The summed E-state index contributed by atoms with van der Waals surface area (Å²) in [6.07, 6.45) is 2.62. The van der Waals surface area contributed by atoms with Gasteiger partial charge in [-0.15, -0.1) is 0 Å². The summed E-state index contributed by atoms with van der Waals surface area (Å²) in [6, 6.07) is 17.8. The molecule has 0 saturated carbocycles. The highest BCUT2D eigenvalue weighted by Crippen LogP contribution is 2.28. The summed E-state index contributed by atoms with van der Waals surface area (Å²) in [5, 5.41) is 2.72. The van der Waals surface area contributed by atoms with Crippen LogP contribution in [-0.4, -0.2) is 34.8 Å². The average molecular weight is 446 g/mol. The maximum atomic E-state index is 13.2. The van der Waals surface area contributed by atoms with Gasteiger partial charge in [-0.3, -0.25) is 14.6 Å². The van der Waals surface area contributed by atoms with Crippen molar-refractivity contribution in [2.45, 2.75) is 39.0 Å². The summed E-state index contributed by atoms with van der Waals surface area (Å²) in [5.41, 5.74) is 5.43. The van der Waals surface area contributed by atoms with Crippen LogP contribution in [0.3, 0.4) is 0 Å². The lowest BCUT2D eigenvalue weighted by Crippen LogP contribution is -2.39. The summed E-state index contributed by atoms with van der Waals surface area (Å²) in [7, 11) is 0. The number of carbonyl (C=O) groups is 2. The van der Waals surface area contributed by atoms with Crippen molar-refractivity contribution < 1.29 is 14.0 Å². The first-order valence-corrected chi connectivity index (χ1v) is 11.3. The lowest BCUT2D eigenvalue weighted by molar-refractivity contribution is -0.114. The molecule has 0 aliphatic carbocycles. The van der Waals surface area contributed by atoms with Crippen LogP contribution < -0.4 is 5.32 Å². The van der Waals surface area contributed by atoms with Gasteiger partial charge in [0, 0.05) is 48.6 Å². The van der Waals surface area contributed by atoms with Crippen LogP contribution in [0.4, 0.5) is 10.1 Å². The Morgan fingerprint density at radius 2 is 1.79 bits per heavy atom. The highest BCUT2D eigenvalue weighted by Gasteiger charge is 2.26. The summed E-state index contributed by atoms with van der Waals surface area (Å²) in [6.45, 7) is 4.78. The minimum Gasteiger partial charge on any atom is -0.338 e. The Bertz CT molecular complexity index is 1140. The first kappa shape index (κ1) is 22.6. The third-order valence-corrected chi connectivity index (χ3v) is 5.93. The minimum absolute atomic E-state index is 0.00624. The fraction of sp³-hybridized carbons (Fsp3) is 0.296. The smallest absolute Gasteiger partial charge is 0.253 e. The molecule has 1 aromatic heterocycles. The fourth-order valence-corrected chi connectivity index (χ4v) is 4.40. The number of aryl methyl sites for hydroxylation is 1. The van der Waals surface area contributed by atoms with Gasteiger partial charge in [0.1, 0.15) is 5.82 Å². The van der Waals surface area contributed by atoms with E-state index in [1.54, 1.807) is 24.3 Å². The number of benzene rings is 2. The number of likely N-dealkylation sites (tertiary alicyclic amines) is 1. The second-order valence-corrected chi connectivity index (χ2v) is 8.69. The number of pyridine rings is 1. The molecule has 1 aliphatic heterocycles. The molecule has 0 radical (unpaired) electrons. The van der Waals surface area contributed by atoms with Crippen LogP contribution in [0, 0.1) is 12.7 Å². The summed E-state index contributed by atoms with van der Waals surface area (Å²) in [5.74, 6) is -0.207. The largest absolute Gasteiger partial charge is 0.338 e. The molecule has 1 unspecified atom stereocenters. The second kappa shape index (κ2) is 9.94. The average Bonchev–Trinajstić information content (AvgIpc) is 2.80. The van der Waals surface area contributed by atoms with Gasteiger partial charge >= 0.3 is 0 Å². The van der Waals surface area contributed by atoms with E-state index < -0.39 is 0 Å². The molecule has 5 nitrogen and oxygen atoms in total. The van der Waals surface area contributed by atoms with Crippen LogP contribution in [0.15, 0.2) is 60.7 Å². The molecule has 1 N–H and O–H groups in total. The number of hydrogen-bond acceptors (Lipinski definition) is 3. The molecule has 0 bridgehead atoms. The molecule has 0 spiro atoms. The number of rotatable bonds is 5. The predicted octanol–water partition coefficient (Wildman–Crippen LogP) is 5.10. The molecule has 2 aromatic carbocycles. The number of nitrogens with one attached hydrogen (secondary N) is 1. The number of amides is 2. The minimum atomic E-state index is -0.234. The summed E-state index contributed by atoms with van der Waals surface area (Å²) >= 11 is 0. The Morgan fingerprint density at radius 1 is 1.06 bits per heavy atom. The van der Waals surface area contributed by atoms with Gasteiger partial charge in [-0.05, 0) is 85.8 Å². The van der Waals surface area contributed by atoms with Crippen LogP contribution >= 0.6 is 0 Å². The van der Waals surface area contributed by atoms with E-state index in [9.17, 15) is 14.0 Å². The fourth-order valence-electron chi connectivity index (χ4n) is 4.40. The van der Waals surface area contributed by atoms with Crippen molar-refractivity contribution in [2.24, 2.45) is 0 Å². The standard InChI is InChI=1S/C27H28FN3O2/c1-18-14-21(15-20-5-9-24(28)10-6-20)16-26(29-18)23-4-3-13-31(17-23)27(33)22-7-11-25(12-8-22)30-19(2)32/h5-12,14,16,23H,3-4,13,15,17H2,1-2H3,(H,30,32). The van der Waals surface area contributed by atoms with E-state index in [0.29, 0.717) is 24.2 Å². The van der Waals surface area contributed by atoms with Gasteiger partial charge in [-0.2, -0.15) is 0 Å². The first-order chi connectivity index (χ1) is 15.9. The van der Waals surface area contributed by atoms with Crippen molar-refractivity contribution >= 4 is 17.5 Å². The molecule has 6 heteroatoms. The van der Waals surface area contributed by atoms with Crippen LogP contribution in [0.5, 0.6) is 0 Å². The normalized spacial score (nSPS) is 15.8. The molecule has 4 rings (SSSR count). The van der Waals surface area contributed by atoms with E-state index in [1.807, 2.05) is 24.0 Å². The molecule has 3 aromatic rings. The van der Waals surface area contributed by atoms with E-state index in [0.717, 1.165) is 41.9 Å². The van der Waals surface area contributed by atoms with Crippen LogP contribution in [0.1, 0.15) is 58.6 Å². The molecular formula is C27H28FN3O2. The molecule has 170 valence electrons. The van der Waals surface area contributed by atoms with E-state index in [1.165, 1.54) is 19.1 Å². The third-order valence-electron chi connectivity index (χ3n) is 5.93. The quantitative estimate of drug-likeness (QED) is 0.594. The van der Waals surface area contributed by atoms with E-state index in [2.05, 4.69) is 17.4 Å². The molecule has 1 aliphatic rings. The molecule has 2 amide bonds. The molecular weight excluding hydrogens is 417 g/mol. The zero-order valence-electron chi connectivity index (χ0n) is 19.0. The topological polar surface area (TPSA) is 62.3 Å². The van der Waals surface area contributed by atoms with Crippen LogP contribution in [-0.2, 0) is 11.2 Å². The Morgan fingerprint density at radius 3 is 2.48 bits per heavy atom. The Labute approximate surface area is 193 Å². The number of aromatic nitrogens is 1. The van der Waals surface area contributed by atoms with Crippen LogP contribution in [0.2, 0.25) is 0 Å². The van der Waals surface area contributed by atoms with E-state index >= 15 is 0 Å². The number of hydrogen-bond donors (Lipinski definition) is 1. The summed E-state index contributed by atoms with van der Waals surface area (Å²) in [4.78, 5) is 31.0. The summed E-state index contributed by atoms with van der Waals surface area (Å²) < 4.78 is 13.2. The molecule has 33 heavy (non-hydrogen) atoms. The van der Waals surface area contributed by atoms with Crippen molar-refractivity contribution in [2.75, 3.05) is 18.4 Å². The van der Waals surface area contributed by atoms with Crippen molar-refractivity contribution in [1.29, 1.82) is 0 Å². The predicted molar refractivity (Wildman–Crippen MR) is 127 cm³/mol. The van der Waals surface area contributed by atoms with Crippen molar-refractivity contribution in [3.05, 3.63) is 94.6 Å². The van der Waals surface area contributed by atoms with Gasteiger partial charge in [-0.25, -0.2) is 4.39 Å². The van der Waals surface area contributed by atoms with Crippen molar-refractivity contribution in [1.82, 2.24) is 9.88 Å². The second-order valence-electron chi connectivity index (χ2n) is 8.69. The first-order valence-electron chi connectivity index (χ1n) is 11.3. The zero-order chi connectivity index (χ0) is 23.4. The van der Waals surface area contributed by atoms with Crippen LogP contribution in [0.25, 0.3) is 0 Å². The lowest BCUT2D eigenvalue weighted by Gasteiger charge is -2.33. The van der Waals surface area contributed by atoms with E-state index in [-0.39, 0.29) is 23.5 Å². The number of piperidine rings is 1. The molecule has 2 heterocycles. The highest BCUT2D eigenvalue weighted by atomic mass is 19.1.